The molecule has 0 aliphatic carbocycles. The van der Waals surface area contributed by atoms with E-state index in [1.54, 1.807) is 24.3 Å². The second kappa shape index (κ2) is 6.67. The van der Waals surface area contributed by atoms with E-state index in [2.05, 4.69) is 26.6 Å². The Labute approximate surface area is 129 Å². The second-order valence-electron chi connectivity index (χ2n) is 4.31. The first-order valence-electron chi connectivity index (χ1n) is 6.31. The van der Waals surface area contributed by atoms with Crippen LogP contribution in [-0.4, -0.2) is 12.5 Å². The summed E-state index contributed by atoms with van der Waals surface area (Å²) in [6.07, 6.45) is 0. The molecule has 2 aromatic carbocycles. The van der Waals surface area contributed by atoms with Crippen LogP contribution in [0.25, 0.3) is 0 Å². The molecule has 3 nitrogen and oxygen atoms in total. The van der Waals surface area contributed by atoms with Gasteiger partial charge in [0.1, 0.15) is 5.82 Å². The molecule has 0 saturated carbocycles. The Balaban J connectivity index is 2.18. The molecule has 0 aliphatic heterocycles. The lowest BCUT2D eigenvalue weighted by Crippen LogP contribution is -2.13. The Hall–Kier alpha value is -1.95. The van der Waals surface area contributed by atoms with Gasteiger partial charge in [0.25, 0.3) is 5.91 Å². The molecule has 0 heterocycles. The largest absolute Gasteiger partial charge is 0.385 e. The first-order valence-corrected chi connectivity index (χ1v) is 7.10. The van der Waals surface area contributed by atoms with Crippen molar-refractivity contribution in [3.8, 4) is 0 Å². The molecule has 21 heavy (non-hydrogen) atoms. The number of anilines is 2. The molecule has 0 saturated heterocycles. The molecule has 0 atom stereocenters. The molecule has 0 spiro atoms. The Bertz CT molecular complexity index is 636. The smallest absolute Gasteiger partial charge is 0.255 e. The van der Waals surface area contributed by atoms with Crippen LogP contribution in [0, 0.1) is 11.6 Å². The third kappa shape index (κ3) is 3.78. The first kappa shape index (κ1) is 15.4. The molecule has 0 radical (unpaired) electrons. The van der Waals surface area contributed by atoms with Gasteiger partial charge in [-0.05, 0) is 53.2 Å². The third-order valence-electron chi connectivity index (χ3n) is 2.77. The van der Waals surface area contributed by atoms with Gasteiger partial charge in [-0.25, -0.2) is 8.78 Å². The van der Waals surface area contributed by atoms with Crippen LogP contribution in [0.5, 0.6) is 0 Å². The number of hydrogen-bond donors (Lipinski definition) is 2. The molecule has 0 fully saturated rings. The Kier molecular flexibility index (Phi) is 4.90. The number of benzene rings is 2. The number of carbonyl (C=O) groups excluding carboxylic acids is 1. The molecule has 2 rings (SSSR count). The van der Waals surface area contributed by atoms with Crippen LogP contribution in [0.3, 0.4) is 0 Å². The van der Waals surface area contributed by atoms with Crippen LogP contribution in [0.4, 0.5) is 20.2 Å². The second-order valence-corrected chi connectivity index (χ2v) is 5.16. The lowest BCUT2D eigenvalue weighted by Gasteiger charge is -2.09. The molecule has 6 heteroatoms. The zero-order valence-corrected chi connectivity index (χ0v) is 12.8. The highest BCUT2D eigenvalue weighted by molar-refractivity contribution is 9.10. The number of rotatable bonds is 4. The molecular formula is C15H13BrF2N2O. The average Bonchev–Trinajstić information content (AvgIpc) is 2.43. The van der Waals surface area contributed by atoms with E-state index >= 15 is 0 Å². The Morgan fingerprint density at radius 3 is 2.43 bits per heavy atom. The topological polar surface area (TPSA) is 41.1 Å². The van der Waals surface area contributed by atoms with Crippen molar-refractivity contribution in [1.29, 1.82) is 0 Å². The molecule has 110 valence electrons. The normalized spacial score (nSPS) is 10.3. The molecule has 1 amide bonds. The maximum absolute atomic E-state index is 13.7. The summed E-state index contributed by atoms with van der Waals surface area (Å²) in [5.74, 6) is -2.02. The van der Waals surface area contributed by atoms with Crippen molar-refractivity contribution in [1.82, 2.24) is 0 Å². The zero-order chi connectivity index (χ0) is 15.4. The molecule has 2 N–H and O–H groups in total. The molecule has 0 bridgehead atoms. The van der Waals surface area contributed by atoms with Crippen LogP contribution >= 0.6 is 15.9 Å². The summed E-state index contributed by atoms with van der Waals surface area (Å²) in [5.41, 5.74) is 1.19. The van der Waals surface area contributed by atoms with Crippen molar-refractivity contribution in [2.45, 2.75) is 6.92 Å². The van der Waals surface area contributed by atoms with Crippen molar-refractivity contribution < 1.29 is 13.6 Å². The molecule has 0 aliphatic rings. The predicted octanol–water partition coefficient (Wildman–Crippen LogP) is 4.41. The van der Waals surface area contributed by atoms with E-state index in [0.717, 1.165) is 18.3 Å². The number of nitrogens with one attached hydrogen (secondary N) is 2. The monoisotopic (exact) mass is 354 g/mol. The van der Waals surface area contributed by atoms with Gasteiger partial charge >= 0.3 is 0 Å². The van der Waals surface area contributed by atoms with Crippen LogP contribution in [0.2, 0.25) is 0 Å². The van der Waals surface area contributed by atoms with E-state index in [0.29, 0.717) is 11.6 Å². The van der Waals surface area contributed by atoms with Gasteiger partial charge < -0.3 is 10.6 Å². The van der Waals surface area contributed by atoms with Gasteiger partial charge in [-0.2, -0.15) is 0 Å². The molecule has 2 aromatic rings. The summed E-state index contributed by atoms with van der Waals surface area (Å²) in [7, 11) is 0. The fourth-order valence-corrected chi connectivity index (χ4v) is 2.30. The minimum Gasteiger partial charge on any atom is -0.385 e. The summed E-state index contributed by atoms with van der Waals surface area (Å²) in [6, 6.07) is 8.58. The SMILES string of the molecule is CCNc1ccc(C(=O)Nc2c(F)cc(F)cc2Br)cc1. The van der Waals surface area contributed by atoms with Crippen molar-refractivity contribution in [3.63, 3.8) is 0 Å². The van der Waals surface area contributed by atoms with E-state index in [9.17, 15) is 13.6 Å². The maximum Gasteiger partial charge on any atom is 0.255 e. The quantitative estimate of drug-likeness (QED) is 0.853. The van der Waals surface area contributed by atoms with Crippen molar-refractivity contribution in [2.75, 3.05) is 17.2 Å². The standard InChI is InChI=1S/C15H13BrF2N2O/c1-2-19-11-5-3-9(4-6-11)15(21)20-14-12(16)7-10(17)8-13(14)18/h3-8,19H,2H2,1H3,(H,20,21). The van der Waals surface area contributed by atoms with E-state index in [1.165, 1.54) is 0 Å². The third-order valence-corrected chi connectivity index (χ3v) is 3.40. The van der Waals surface area contributed by atoms with Crippen molar-refractivity contribution >= 4 is 33.2 Å². The van der Waals surface area contributed by atoms with Crippen LogP contribution in [-0.2, 0) is 0 Å². The van der Waals surface area contributed by atoms with Gasteiger partial charge in [-0.15, -0.1) is 0 Å². The minimum atomic E-state index is -0.834. The van der Waals surface area contributed by atoms with E-state index in [1.807, 2.05) is 6.92 Å². The van der Waals surface area contributed by atoms with Crippen LogP contribution in [0.1, 0.15) is 17.3 Å². The van der Waals surface area contributed by atoms with E-state index < -0.39 is 17.5 Å². The van der Waals surface area contributed by atoms with Crippen LogP contribution in [0.15, 0.2) is 40.9 Å². The molecule has 0 unspecified atom stereocenters. The number of carbonyl (C=O) groups is 1. The lowest BCUT2D eigenvalue weighted by atomic mass is 10.2. The highest BCUT2D eigenvalue weighted by Gasteiger charge is 2.14. The van der Waals surface area contributed by atoms with Gasteiger partial charge in [-0.3, -0.25) is 4.79 Å². The van der Waals surface area contributed by atoms with Crippen LogP contribution < -0.4 is 10.6 Å². The zero-order valence-electron chi connectivity index (χ0n) is 11.2. The minimum absolute atomic E-state index is 0.0860. The fourth-order valence-electron chi connectivity index (χ4n) is 1.79. The maximum atomic E-state index is 13.7. The summed E-state index contributed by atoms with van der Waals surface area (Å²) < 4.78 is 26.8. The fraction of sp³-hybridized carbons (Fsp3) is 0.133. The predicted molar refractivity (Wildman–Crippen MR) is 82.6 cm³/mol. The first-order chi connectivity index (χ1) is 10.0. The highest BCUT2D eigenvalue weighted by atomic mass is 79.9. The van der Waals surface area contributed by atoms with Crippen molar-refractivity contribution in [2.24, 2.45) is 0 Å². The number of amides is 1. The van der Waals surface area contributed by atoms with E-state index in [4.69, 9.17) is 0 Å². The summed E-state index contributed by atoms with van der Waals surface area (Å²) in [6.45, 7) is 2.74. The highest BCUT2D eigenvalue weighted by Crippen LogP contribution is 2.27. The summed E-state index contributed by atoms with van der Waals surface area (Å²) in [5, 5.41) is 5.53. The molecule has 0 aromatic heterocycles. The average molecular weight is 355 g/mol. The lowest BCUT2D eigenvalue weighted by molar-refractivity contribution is 0.102. The number of hydrogen-bond acceptors (Lipinski definition) is 2. The Morgan fingerprint density at radius 1 is 1.19 bits per heavy atom. The van der Waals surface area contributed by atoms with Crippen molar-refractivity contribution in [3.05, 3.63) is 58.1 Å². The van der Waals surface area contributed by atoms with Gasteiger partial charge in [0, 0.05) is 28.3 Å². The van der Waals surface area contributed by atoms with Gasteiger partial charge in [0.2, 0.25) is 0 Å². The summed E-state index contributed by atoms with van der Waals surface area (Å²) in [4.78, 5) is 12.1. The van der Waals surface area contributed by atoms with E-state index in [-0.39, 0.29) is 10.2 Å². The Morgan fingerprint density at radius 2 is 1.86 bits per heavy atom. The van der Waals surface area contributed by atoms with Gasteiger partial charge in [0.15, 0.2) is 5.82 Å². The van der Waals surface area contributed by atoms with Gasteiger partial charge in [-0.1, -0.05) is 0 Å². The van der Waals surface area contributed by atoms with Gasteiger partial charge in [0.05, 0.1) is 5.69 Å². The number of halogens is 3. The molecular weight excluding hydrogens is 342 g/mol. The summed E-state index contributed by atoms with van der Waals surface area (Å²) >= 11 is 3.03.